The van der Waals surface area contributed by atoms with Crippen LogP contribution in [0.15, 0.2) is 12.1 Å². The lowest BCUT2D eigenvalue weighted by Gasteiger charge is -2.38. The Bertz CT molecular complexity index is 979. The van der Waals surface area contributed by atoms with Crippen LogP contribution in [0, 0.1) is 0 Å². The van der Waals surface area contributed by atoms with Crippen molar-refractivity contribution in [3.8, 4) is 5.75 Å². The van der Waals surface area contributed by atoms with Gasteiger partial charge in [-0.25, -0.2) is 9.59 Å². The summed E-state index contributed by atoms with van der Waals surface area (Å²) in [6.45, 7) is 13.7. The lowest BCUT2D eigenvalue weighted by molar-refractivity contribution is -0.122. The minimum Gasteiger partial charge on any atom is -0.479 e. The van der Waals surface area contributed by atoms with Gasteiger partial charge >= 0.3 is 12.2 Å². The summed E-state index contributed by atoms with van der Waals surface area (Å²) in [6, 6.07) is 3.76. The first-order valence-corrected chi connectivity index (χ1v) is 12.8. The Morgan fingerprint density at radius 1 is 1.11 bits per heavy atom. The summed E-state index contributed by atoms with van der Waals surface area (Å²) < 4.78 is 16.8. The molecule has 2 aliphatic rings. The number of benzene rings is 1. The maximum atomic E-state index is 13.3. The van der Waals surface area contributed by atoms with Crippen molar-refractivity contribution >= 4 is 23.8 Å². The van der Waals surface area contributed by atoms with E-state index in [-0.39, 0.29) is 18.0 Å². The van der Waals surface area contributed by atoms with Crippen molar-refractivity contribution in [3.05, 3.63) is 23.3 Å². The third-order valence-corrected chi connectivity index (χ3v) is 5.95. The van der Waals surface area contributed by atoms with Gasteiger partial charge in [-0.15, -0.1) is 0 Å². The van der Waals surface area contributed by atoms with Gasteiger partial charge in [0.15, 0.2) is 6.10 Å². The Morgan fingerprint density at radius 3 is 2.47 bits per heavy atom. The highest BCUT2D eigenvalue weighted by molar-refractivity contribution is 5.97. The number of alkyl carbamates (subject to hydrolysis) is 1. The molecule has 3 amide bonds. The van der Waals surface area contributed by atoms with Crippen LogP contribution in [0.5, 0.6) is 5.75 Å². The molecule has 9 heteroatoms. The molecule has 1 aliphatic heterocycles. The van der Waals surface area contributed by atoms with Gasteiger partial charge in [-0.1, -0.05) is 0 Å². The molecule has 9 nitrogen and oxygen atoms in total. The maximum absolute atomic E-state index is 13.3. The SMILES string of the molecule is CC1Oc2cc3c(cc2NC1=O)C(N(CCCCNC(=O)OC(C)(C)C)C(=O)OC(C)(C)C)CCC3. The molecule has 0 spiro atoms. The molecule has 0 aromatic heterocycles. The monoisotopic (exact) mass is 503 g/mol. The lowest BCUT2D eigenvalue weighted by Crippen LogP contribution is -2.41. The van der Waals surface area contributed by atoms with Gasteiger partial charge in [0.25, 0.3) is 5.91 Å². The third kappa shape index (κ3) is 7.51. The summed E-state index contributed by atoms with van der Waals surface area (Å²) in [4.78, 5) is 39.2. The standard InChI is InChI=1S/C27H41N3O6/c1-17-23(31)29-20-16-19-18(15-22(20)34-17)11-10-12-21(19)30(25(33)36-27(5,6)7)14-9-8-13-28-24(32)35-26(2,3)4/h15-17,21H,8-14H2,1-7H3,(H,28,32)(H,29,31). The van der Waals surface area contributed by atoms with Gasteiger partial charge in [0.2, 0.25) is 0 Å². The molecule has 36 heavy (non-hydrogen) atoms. The number of ether oxygens (including phenoxy) is 3. The van der Waals surface area contributed by atoms with Gasteiger partial charge in [-0.3, -0.25) is 4.79 Å². The van der Waals surface area contributed by atoms with E-state index in [0.29, 0.717) is 37.4 Å². The third-order valence-electron chi connectivity index (χ3n) is 5.95. The first-order chi connectivity index (χ1) is 16.7. The number of carbonyl (C=O) groups excluding carboxylic acids is 3. The average Bonchev–Trinajstić information content (AvgIpc) is 2.73. The fourth-order valence-electron chi connectivity index (χ4n) is 4.41. The topological polar surface area (TPSA) is 106 Å². The number of amides is 3. The molecule has 1 aromatic rings. The first-order valence-electron chi connectivity index (χ1n) is 12.8. The number of rotatable bonds is 6. The van der Waals surface area contributed by atoms with E-state index in [1.54, 1.807) is 11.8 Å². The molecule has 2 unspecified atom stereocenters. The van der Waals surface area contributed by atoms with Crippen molar-refractivity contribution in [1.29, 1.82) is 0 Å². The predicted octanol–water partition coefficient (Wildman–Crippen LogP) is 5.33. The van der Waals surface area contributed by atoms with E-state index in [1.807, 2.05) is 53.7 Å². The maximum Gasteiger partial charge on any atom is 0.410 e. The second kappa shape index (κ2) is 11.0. The smallest absolute Gasteiger partial charge is 0.410 e. The van der Waals surface area contributed by atoms with E-state index in [2.05, 4.69) is 10.6 Å². The molecule has 0 fully saturated rings. The van der Waals surface area contributed by atoms with E-state index in [4.69, 9.17) is 14.2 Å². The normalized spacial score (nSPS) is 19.2. The van der Waals surface area contributed by atoms with Crippen molar-refractivity contribution in [3.63, 3.8) is 0 Å². The highest BCUT2D eigenvalue weighted by Gasteiger charge is 2.34. The first kappa shape index (κ1) is 27.6. The largest absolute Gasteiger partial charge is 0.479 e. The number of carbonyl (C=O) groups is 3. The molecule has 3 rings (SSSR count). The number of hydrogen-bond acceptors (Lipinski definition) is 6. The summed E-state index contributed by atoms with van der Waals surface area (Å²) in [6.07, 6.45) is 2.62. The van der Waals surface area contributed by atoms with Crippen LogP contribution < -0.4 is 15.4 Å². The molecule has 0 saturated heterocycles. The summed E-state index contributed by atoms with van der Waals surface area (Å²) in [5, 5.41) is 5.69. The molecule has 1 heterocycles. The molecule has 0 radical (unpaired) electrons. The second-order valence-electron chi connectivity index (χ2n) is 11.5. The zero-order valence-corrected chi connectivity index (χ0v) is 22.7. The molecule has 0 saturated carbocycles. The van der Waals surface area contributed by atoms with Gasteiger partial charge in [-0.2, -0.15) is 0 Å². The lowest BCUT2D eigenvalue weighted by atomic mass is 9.86. The van der Waals surface area contributed by atoms with Crippen molar-refractivity contribution in [2.45, 2.75) is 104 Å². The van der Waals surface area contributed by atoms with Gasteiger partial charge < -0.3 is 29.7 Å². The van der Waals surface area contributed by atoms with Crippen LogP contribution in [-0.2, 0) is 20.7 Å². The number of nitrogens with one attached hydrogen (secondary N) is 2. The summed E-state index contributed by atoms with van der Waals surface area (Å²) in [5.74, 6) is 0.481. The zero-order chi connectivity index (χ0) is 26.7. The minimum atomic E-state index is -0.626. The number of anilines is 1. The molecular formula is C27H41N3O6. The Labute approximate surface area is 214 Å². The number of hydrogen-bond donors (Lipinski definition) is 2. The van der Waals surface area contributed by atoms with Crippen LogP contribution >= 0.6 is 0 Å². The summed E-state index contributed by atoms with van der Waals surface area (Å²) in [7, 11) is 0. The van der Waals surface area contributed by atoms with Crippen molar-refractivity contribution in [2.75, 3.05) is 18.4 Å². The van der Waals surface area contributed by atoms with Crippen LogP contribution in [0.2, 0.25) is 0 Å². The van der Waals surface area contributed by atoms with Gasteiger partial charge in [0, 0.05) is 13.1 Å². The average molecular weight is 504 g/mol. The number of nitrogens with zero attached hydrogens (tertiary/aromatic N) is 1. The predicted molar refractivity (Wildman–Crippen MR) is 137 cm³/mol. The van der Waals surface area contributed by atoms with E-state index < -0.39 is 23.4 Å². The van der Waals surface area contributed by atoms with E-state index in [9.17, 15) is 14.4 Å². The Kier molecular flexibility index (Phi) is 8.41. The number of aryl methyl sites for hydroxylation is 1. The fourth-order valence-corrected chi connectivity index (χ4v) is 4.41. The van der Waals surface area contributed by atoms with Crippen molar-refractivity contribution in [2.24, 2.45) is 0 Å². The van der Waals surface area contributed by atoms with Crippen LogP contribution in [0.25, 0.3) is 0 Å². The van der Waals surface area contributed by atoms with E-state index in [0.717, 1.165) is 30.4 Å². The zero-order valence-electron chi connectivity index (χ0n) is 22.7. The van der Waals surface area contributed by atoms with Crippen LogP contribution in [0.3, 0.4) is 0 Å². The highest BCUT2D eigenvalue weighted by Crippen LogP contribution is 2.41. The summed E-state index contributed by atoms with van der Waals surface area (Å²) >= 11 is 0. The fraction of sp³-hybridized carbons (Fsp3) is 0.667. The van der Waals surface area contributed by atoms with E-state index >= 15 is 0 Å². The molecule has 200 valence electrons. The van der Waals surface area contributed by atoms with Gasteiger partial charge in [-0.05, 0) is 104 Å². The molecule has 1 aliphatic carbocycles. The quantitative estimate of drug-likeness (QED) is 0.509. The molecule has 0 bridgehead atoms. The minimum absolute atomic E-state index is 0.177. The second-order valence-corrected chi connectivity index (χ2v) is 11.5. The van der Waals surface area contributed by atoms with Crippen molar-refractivity contribution in [1.82, 2.24) is 10.2 Å². The molecule has 1 aromatic carbocycles. The van der Waals surface area contributed by atoms with Crippen LogP contribution in [-0.4, -0.2) is 53.4 Å². The Hall–Kier alpha value is -2.97. The van der Waals surface area contributed by atoms with Crippen LogP contribution in [0.1, 0.15) is 91.3 Å². The highest BCUT2D eigenvalue weighted by atomic mass is 16.6. The Morgan fingerprint density at radius 2 is 1.81 bits per heavy atom. The number of fused-ring (bicyclic) bond motifs is 2. The van der Waals surface area contributed by atoms with Crippen molar-refractivity contribution < 1.29 is 28.6 Å². The Balaban J connectivity index is 1.74. The van der Waals surface area contributed by atoms with E-state index in [1.165, 1.54) is 0 Å². The number of unbranched alkanes of at least 4 members (excludes halogenated alkanes) is 1. The molecule has 2 atom stereocenters. The van der Waals surface area contributed by atoms with Crippen LogP contribution in [0.4, 0.5) is 15.3 Å². The van der Waals surface area contributed by atoms with Gasteiger partial charge in [0.1, 0.15) is 17.0 Å². The molecule has 2 N–H and O–H groups in total. The van der Waals surface area contributed by atoms with Gasteiger partial charge in [0.05, 0.1) is 11.7 Å². The summed E-state index contributed by atoms with van der Waals surface area (Å²) in [5.41, 5.74) is 1.59. The molecular weight excluding hydrogens is 462 g/mol.